The third-order valence-corrected chi connectivity index (χ3v) is 6.63. The van der Waals surface area contributed by atoms with Crippen LogP contribution in [-0.4, -0.2) is 51.2 Å². The van der Waals surface area contributed by atoms with Gasteiger partial charge in [-0.25, -0.2) is 4.79 Å². The van der Waals surface area contributed by atoms with Crippen LogP contribution >= 0.6 is 11.8 Å². The predicted octanol–water partition coefficient (Wildman–Crippen LogP) is 4.95. The highest BCUT2D eigenvalue weighted by Crippen LogP contribution is 2.34. The summed E-state index contributed by atoms with van der Waals surface area (Å²) in [5, 5.41) is 2.22. The van der Waals surface area contributed by atoms with E-state index in [0.717, 1.165) is 40.9 Å². The SMILES string of the molecule is CCOC(Cc1ccc2cc(OCCN3CCSc4ccccc43)ccc2c1)C(=O)OC. The minimum atomic E-state index is -0.580. The third-order valence-electron chi connectivity index (χ3n) is 5.58. The van der Waals surface area contributed by atoms with E-state index < -0.39 is 6.10 Å². The van der Waals surface area contributed by atoms with Gasteiger partial charge in [-0.05, 0) is 47.5 Å². The van der Waals surface area contributed by atoms with Crippen LogP contribution < -0.4 is 9.64 Å². The van der Waals surface area contributed by atoms with E-state index in [1.54, 1.807) is 0 Å². The van der Waals surface area contributed by atoms with Crippen molar-refractivity contribution in [1.29, 1.82) is 0 Å². The number of nitrogens with zero attached hydrogens (tertiary/aromatic N) is 1. The standard InChI is InChI=1S/C26H29NO4S/c1-3-30-24(26(28)29-2)17-19-8-9-21-18-22(11-10-20(21)16-19)31-14-12-27-13-15-32-25-7-5-4-6-23(25)27/h4-11,16,18,24H,3,12-15,17H2,1-2H3. The molecule has 0 saturated carbocycles. The number of benzene rings is 3. The molecule has 3 aromatic rings. The molecule has 0 N–H and O–H groups in total. The van der Waals surface area contributed by atoms with Gasteiger partial charge in [0, 0.05) is 30.2 Å². The molecule has 6 heteroatoms. The van der Waals surface area contributed by atoms with Crippen LogP contribution in [0.4, 0.5) is 5.69 Å². The lowest BCUT2D eigenvalue weighted by Gasteiger charge is -2.30. The number of carbonyl (C=O) groups is 1. The van der Waals surface area contributed by atoms with Crippen molar-refractivity contribution >= 4 is 34.2 Å². The number of hydrogen-bond acceptors (Lipinski definition) is 6. The molecule has 0 fully saturated rings. The fourth-order valence-electron chi connectivity index (χ4n) is 3.98. The largest absolute Gasteiger partial charge is 0.492 e. The Kier molecular flexibility index (Phi) is 7.55. The van der Waals surface area contributed by atoms with Crippen molar-refractivity contribution in [2.45, 2.75) is 24.3 Å². The summed E-state index contributed by atoms with van der Waals surface area (Å²) in [6, 6.07) is 20.9. The van der Waals surface area contributed by atoms with E-state index in [1.165, 1.54) is 17.7 Å². The Balaban J connectivity index is 1.38. The molecule has 1 atom stereocenters. The first-order chi connectivity index (χ1) is 15.7. The molecule has 0 radical (unpaired) electrons. The normalized spacial score (nSPS) is 14.1. The first-order valence-electron chi connectivity index (χ1n) is 11.0. The number of fused-ring (bicyclic) bond motifs is 2. The fourth-order valence-corrected chi connectivity index (χ4v) is 5.03. The van der Waals surface area contributed by atoms with E-state index in [1.807, 2.05) is 30.8 Å². The maximum Gasteiger partial charge on any atom is 0.335 e. The number of esters is 1. The molecule has 0 saturated heterocycles. The Labute approximate surface area is 193 Å². The van der Waals surface area contributed by atoms with Crippen molar-refractivity contribution < 1.29 is 19.0 Å². The second kappa shape index (κ2) is 10.7. The monoisotopic (exact) mass is 451 g/mol. The minimum absolute atomic E-state index is 0.342. The van der Waals surface area contributed by atoms with E-state index >= 15 is 0 Å². The van der Waals surface area contributed by atoms with Gasteiger partial charge in [0.2, 0.25) is 0 Å². The van der Waals surface area contributed by atoms with Crippen molar-refractivity contribution in [3.8, 4) is 5.75 Å². The van der Waals surface area contributed by atoms with E-state index in [0.29, 0.717) is 19.6 Å². The first kappa shape index (κ1) is 22.5. The molecule has 1 unspecified atom stereocenters. The number of methoxy groups -OCH3 is 1. The molecular weight excluding hydrogens is 422 g/mol. The lowest BCUT2D eigenvalue weighted by molar-refractivity contribution is -0.153. The lowest BCUT2D eigenvalue weighted by Crippen LogP contribution is -2.33. The number of thioether (sulfide) groups is 1. The zero-order valence-electron chi connectivity index (χ0n) is 18.6. The van der Waals surface area contributed by atoms with E-state index in [9.17, 15) is 4.79 Å². The zero-order valence-corrected chi connectivity index (χ0v) is 19.4. The molecule has 0 aliphatic carbocycles. The number of rotatable bonds is 9. The van der Waals surface area contributed by atoms with Crippen LogP contribution in [0.3, 0.4) is 0 Å². The maximum atomic E-state index is 11.9. The topological polar surface area (TPSA) is 48.0 Å². The summed E-state index contributed by atoms with van der Waals surface area (Å²) < 4.78 is 16.5. The van der Waals surface area contributed by atoms with Gasteiger partial charge in [0.1, 0.15) is 12.4 Å². The van der Waals surface area contributed by atoms with Crippen LogP contribution in [-0.2, 0) is 20.7 Å². The Morgan fingerprint density at radius 1 is 1.09 bits per heavy atom. The van der Waals surface area contributed by atoms with Gasteiger partial charge in [0.25, 0.3) is 0 Å². The Hall–Kier alpha value is -2.70. The highest BCUT2D eigenvalue weighted by Gasteiger charge is 2.20. The van der Waals surface area contributed by atoms with Gasteiger partial charge in [0.05, 0.1) is 19.3 Å². The fraction of sp³-hybridized carbons (Fsp3) is 0.346. The molecular formula is C26H29NO4S. The molecule has 0 bridgehead atoms. The van der Waals surface area contributed by atoms with Gasteiger partial charge >= 0.3 is 5.97 Å². The minimum Gasteiger partial charge on any atom is -0.492 e. The molecule has 1 aliphatic heterocycles. The molecule has 0 aromatic heterocycles. The number of carbonyl (C=O) groups excluding carboxylic acids is 1. The average molecular weight is 452 g/mol. The summed E-state index contributed by atoms with van der Waals surface area (Å²) in [5.41, 5.74) is 2.34. The molecule has 5 nitrogen and oxygen atoms in total. The molecule has 0 amide bonds. The van der Waals surface area contributed by atoms with Crippen LogP contribution in [0.25, 0.3) is 10.8 Å². The van der Waals surface area contributed by atoms with Gasteiger partial charge in [-0.2, -0.15) is 0 Å². The number of anilines is 1. The summed E-state index contributed by atoms with van der Waals surface area (Å²) in [5.74, 6) is 1.63. The van der Waals surface area contributed by atoms with Crippen molar-refractivity contribution in [3.63, 3.8) is 0 Å². The Morgan fingerprint density at radius 3 is 2.75 bits per heavy atom. The quantitative estimate of drug-likeness (QED) is 0.429. The second-order valence-corrected chi connectivity index (χ2v) is 8.80. The zero-order chi connectivity index (χ0) is 22.3. The first-order valence-corrected chi connectivity index (χ1v) is 12.0. The van der Waals surface area contributed by atoms with Crippen molar-refractivity contribution in [1.82, 2.24) is 0 Å². The molecule has 4 rings (SSSR count). The van der Waals surface area contributed by atoms with Crippen molar-refractivity contribution in [3.05, 3.63) is 66.2 Å². The Morgan fingerprint density at radius 2 is 1.91 bits per heavy atom. The van der Waals surface area contributed by atoms with Crippen LogP contribution in [0, 0.1) is 0 Å². The van der Waals surface area contributed by atoms with Gasteiger partial charge in [-0.1, -0.05) is 36.4 Å². The summed E-state index contributed by atoms with van der Waals surface area (Å²) in [7, 11) is 1.39. The molecule has 0 spiro atoms. The highest BCUT2D eigenvalue weighted by atomic mass is 32.2. The molecule has 168 valence electrons. The van der Waals surface area contributed by atoms with E-state index in [-0.39, 0.29) is 5.97 Å². The predicted molar refractivity (Wildman–Crippen MR) is 130 cm³/mol. The molecule has 1 aliphatic rings. The van der Waals surface area contributed by atoms with Crippen LogP contribution in [0.1, 0.15) is 12.5 Å². The smallest absolute Gasteiger partial charge is 0.335 e. The molecule has 3 aromatic carbocycles. The summed E-state index contributed by atoms with van der Waals surface area (Å²) in [4.78, 5) is 15.7. The Bertz CT molecular complexity index is 1070. The summed E-state index contributed by atoms with van der Waals surface area (Å²) in [6.07, 6.45) is -0.0898. The van der Waals surface area contributed by atoms with Crippen LogP contribution in [0.2, 0.25) is 0 Å². The molecule has 1 heterocycles. The van der Waals surface area contributed by atoms with Gasteiger partial charge in [-0.3, -0.25) is 0 Å². The highest BCUT2D eigenvalue weighted by molar-refractivity contribution is 7.99. The van der Waals surface area contributed by atoms with Crippen LogP contribution in [0.5, 0.6) is 5.75 Å². The van der Waals surface area contributed by atoms with E-state index in [2.05, 4.69) is 53.4 Å². The maximum absolute atomic E-state index is 11.9. The summed E-state index contributed by atoms with van der Waals surface area (Å²) >= 11 is 1.92. The number of hydrogen-bond donors (Lipinski definition) is 0. The van der Waals surface area contributed by atoms with Gasteiger partial charge in [0.15, 0.2) is 6.10 Å². The van der Waals surface area contributed by atoms with E-state index in [4.69, 9.17) is 14.2 Å². The lowest BCUT2D eigenvalue weighted by atomic mass is 10.0. The van der Waals surface area contributed by atoms with Crippen molar-refractivity contribution in [2.24, 2.45) is 0 Å². The average Bonchev–Trinajstić information content (AvgIpc) is 2.83. The van der Waals surface area contributed by atoms with Gasteiger partial charge < -0.3 is 19.1 Å². The number of para-hydroxylation sites is 1. The molecule has 32 heavy (non-hydrogen) atoms. The number of ether oxygens (including phenoxy) is 3. The van der Waals surface area contributed by atoms with Gasteiger partial charge in [-0.15, -0.1) is 11.8 Å². The van der Waals surface area contributed by atoms with Crippen LogP contribution in [0.15, 0.2) is 65.6 Å². The summed E-state index contributed by atoms with van der Waals surface area (Å²) in [6.45, 7) is 4.88. The third kappa shape index (κ3) is 5.37. The second-order valence-electron chi connectivity index (χ2n) is 7.67. The van der Waals surface area contributed by atoms with Crippen molar-refractivity contribution in [2.75, 3.05) is 44.1 Å².